The highest BCUT2D eigenvalue weighted by Gasteiger charge is 2.32. The van der Waals surface area contributed by atoms with Crippen LogP contribution in [0.15, 0.2) is 76.0 Å². The summed E-state index contributed by atoms with van der Waals surface area (Å²) in [5.41, 5.74) is 1.56. The maximum Gasteiger partial charge on any atom is 0.302 e. The van der Waals surface area contributed by atoms with E-state index in [1.54, 1.807) is 43.6 Å². The van der Waals surface area contributed by atoms with E-state index in [0.29, 0.717) is 34.6 Å². The number of carbonyl (C=O) groups excluding carboxylic acids is 2. The molecule has 11 heteroatoms. The van der Waals surface area contributed by atoms with Crippen molar-refractivity contribution in [3.05, 3.63) is 77.1 Å². The van der Waals surface area contributed by atoms with Crippen molar-refractivity contribution in [1.82, 2.24) is 5.27 Å². The molecule has 0 aliphatic carbocycles. The van der Waals surface area contributed by atoms with Gasteiger partial charge in [0.05, 0.1) is 11.4 Å². The lowest BCUT2D eigenvalue weighted by atomic mass is 10.2. The minimum atomic E-state index is -0.327. The number of aliphatic imine (C=N–C) groups is 1. The highest BCUT2D eigenvalue weighted by Crippen LogP contribution is 2.30. The van der Waals surface area contributed by atoms with Crippen molar-refractivity contribution in [2.45, 2.75) is 6.54 Å². The molecule has 2 amide bonds. The zero-order chi connectivity index (χ0) is 23.9. The van der Waals surface area contributed by atoms with Crippen LogP contribution in [0, 0.1) is 0 Å². The van der Waals surface area contributed by atoms with Crippen molar-refractivity contribution < 1.29 is 23.5 Å². The standard InChI is InChI=1S/C23H20ClN5O4S/c1-32-12-11-28-14-21(33-27-28)26-20(30)15-34-23-25-19(13-16-7-5-6-10-18(16)24)22(31)29(23)17-8-3-2-4-9-17/h2-10,13-14H,11-12,15H2,1H3/p+1/b19-13+. The second-order valence-electron chi connectivity index (χ2n) is 7.08. The van der Waals surface area contributed by atoms with Gasteiger partial charge >= 0.3 is 5.88 Å². The maximum atomic E-state index is 13.2. The van der Waals surface area contributed by atoms with Gasteiger partial charge in [0.15, 0.2) is 5.17 Å². The average Bonchev–Trinajstić information content (AvgIpc) is 3.42. The third-order valence-electron chi connectivity index (χ3n) is 4.67. The Hall–Kier alpha value is -3.47. The topological polar surface area (TPSA) is 101 Å². The largest absolute Gasteiger partial charge is 0.378 e. The number of ether oxygens (including phenoxy) is 1. The van der Waals surface area contributed by atoms with Crippen LogP contribution in [0.4, 0.5) is 11.6 Å². The van der Waals surface area contributed by atoms with Crippen LogP contribution in [0.3, 0.4) is 0 Å². The van der Waals surface area contributed by atoms with Gasteiger partial charge in [0.25, 0.3) is 12.1 Å². The van der Waals surface area contributed by atoms with Crippen molar-refractivity contribution in [1.29, 1.82) is 0 Å². The zero-order valence-corrected chi connectivity index (χ0v) is 19.8. The molecule has 9 nitrogen and oxygen atoms in total. The molecule has 1 aliphatic heterocycles. The summed E-state index contributed by atoms with van der Waals surface area (Å²) in [6.07, 6.45) is 3.21. The number of benzene rings is 2. The number of rotatable bonds is 8. The highest BCUT2D eigenvalue weighted by molar-refractivity contribution is 8.14. The normalized spacial score (nSPS) is 14.5. The van der Waals surface area contributed by atoms with Gasteiger partial charge in [-0.15, -0.1) is 0 Å². The lowest BCUT2D eigenvalue weighted by Gasteiger charge is -2.17. The van der Waals surface area contributed by atoms with Crippen molar-refractivity contribution in [2.75, 3.05) is 29.7 Å². The lowest BCUT2D eigenvalue weighted by Crippen LogP contribution is -2.36. The van der Waals surface area contributed by atoms with Crippen LogP contribution >= 0.6 is 23.4 Å². The van der Waals surface area contributed by atoms with Gasteiger partial charge in [-0.1, -0.05) is 59.8 Å². The molecule has 0 atom stereocenters. The summed E-state index contributed by atoms with van der Waals surface area (Å²) in [7, 11) is 1.59. The number of thioether (sulfide) groups is 1. The fourth-order valence-electron chi connectivity index (χ4n) is 3.07. The van der Waals surface area contributed by atoms with Crippen LogP contribution in [0.5, 0.6) is 0 Å². The number of amides is 2. The summed E-state index contributed by atoms with van der Waals surface area (Å²) in [5, 5.41) is 7.35. The zero-order valence-electron chi connectivity index (χ0n) is 18.2. The molecule has 4 rings (SSSR count). The fourth-order valence-corrected chi connectivity index (χ4v) is 4.07. The van der Waals surface area contributed by atoms with E-state index in [1.807, 2.05) is 30.3 Å². The monoisotopic (exact) mass is 498 g/mol. The van der Waals surface area contributed by atoms with E-state index in [2.05, 4.69) is 15.6 Å². The maximum absolute atomic E-state index is 13.2. The minimum absolute atomic E-state index is 0.00753. The van der Waals surface area contributed by atoms with Crippen LogP contribution in [0.25, 0.3) is 6.08 Å². The molecule has 1 aromatic heterocycles. The van der Waals surface area contributed by atoms with Gasteiger partial charge in [-0.2, -0.15) is 0 Å². The molecule has 0 unspecified atom stereocenters. The number of hydrogen-bond acceptors (Lipinski definition) is 7. The molecule has 174 valence electrons. The van der Waals surface area contributed by atoms with E-state index < -0.39 is 0 Å². The van der Waals surface area contributed by atoms with Crippen LogP contribution < -0.4 is 14.9 Å². The Balaban J connectivity index is 1.50. The van der Waals surface area contributed by atoms with Crippen molar-refractivity contribution in [3.63, 3.8) is 0 Å². The summed E-state index contributed by atoms with van der Waals surface area (Å²) in [6.45, 7) is 0.962. The van der Waals surface area contributed by atoms with Crippen molar-refractivity contribution in [2.24, 2.45) is 4.99 Å². The SMILES string of the molecule is COCC[n+]1cc(NC(=O)CSC2=N/C(=C/c3ccccc3Cl)C(=O)N2c2ccccc2)on1. The fraction of sp³-hybridized carbons (Fsp3) is 0.174. The molecule has 0 saturated carbocycles. The number of aromatic nitrogens is 2. The Bertz CT molecular complexity index is 1240. The Morgan fingerprint density at radius 1 is 1.24 bits per heavy atom. The van der Waals surface area contributed by atoms with Crippen LogP contribution in [-0.2, 0) is 20.9 Å². The number of para-hydroxylation sites is 1. The van der Waals surface area contributed by atoms with Gasteiger partial charge < -0.3 is 4.74 Å². The van der Waals surface area contributed by atoms with E-state index in [1.165, 1.54) is 9.58 Å². The van der Waals surface area contributed by atoms with Crippen molar-refractivity contribution >= 4 is 58.0 Å². The molecule has 0 saturated heterocycles. The summed E-state index contributed by atoms with van der Waals surface area (Å²) < 4.78 is 11.6. The number of nitrogens with one attached hydrogen (secondary N) is 1. The molecule has 0 radical (unpaired) electrons. The van der Waals surface area contributed by atoms with Crippen LogP contribution in [0.1, 0.15) is 5.56 Å². The molecule has 3 aromatic rings. The van der Waals surface area contributed by atoms with Gasteiger partial charge in [0.2, 0.25) is 17.7 Å². The van der Waals surface area contributed by atoms with Crippen LogP contribution in [0.2, 0.25) is 5.02 Å². The third-order valence-corrected chi connectivity index (χ3v) is 5.95. The predicted octanol–water partition coefficient (Wildman–Crippen LogP) is 3.38. The smallest absolute Gasteiger partial charge is 0.302 e. The second kappa shape index (κ2) is 11.1. The molecule has 1 aliphatic rings. The summed E-state index contributed by atoms with van der Waals surface area (Å²) in [5.74, 6) is -0.409. The number of carbonyl (C=O) groups is 2. The van der Waals surface area contributed by atoms with E-state index >= 15 is 0 Å². The van der Waals surface area contributed by atoms with Gasteiger partial charge in [-0.25, -0.2) is 4.99 Å². The summed E-state index contributed by atoms with van der Waals surface area (Å²) in [4.78, 5) is 31.7. The number of methoxy groups -OCH3 is 1. The molecule has 1 N–H and O–H groups in total. The second-order valence-corrected chi connectivity index (χ2v) is 8.43. The molecule has 34 heavy (non-hydrogen) atoms. The molecule has 0 fully saturated rings. The van der Waals surface area contributed by atoms with E-state index in [0.717, 1.165) is 11.8 Å². The number of anilines is 2. The number of nitrogens with zero attached hydrogens (tertiary/aromatic N) is 4. The number of hydrogen-bond donors (Lipinski definition) is 1. The molecular weight excluding hydrogens is 478 g/mol. The highest BCUT2D eigenvalue weighted by atomic mass is 35.5. The Morgan fingerprint density at radius 2 is 2.00 bits per heavy atom. The first kappa shape index (κ1) is 23.7. The van der Waals surface area contributed by atoms with E-state index in [-0.39, 0.29) is 29.1 Å². The molecule has 0 spiro atoms. The van der Waals surface area contributed by atoms with Crippen molar-refractivity contribution in [3.8, 4) is 0 Å². The molecule has 0 bridgehead atoms. The predicted molar refractivity (Wildman–Crippen MR) is 130 cm³/mol. The number of amidine groups is 1. The minimum Gasteiger partial charge on any atom is -0.378 e. The van der Waals surface area contributed by atoms with E-state index in [9.17, 15) is 9.59 Å². The Morgan fingerprint density at radius 3 is 2.76 bits per heavy atom. The van der Waals surface area contributed by atoms with Crippen LogP contribution in [-0.4, -0.2) is 41.7 Å². The molecule has 2 aromatic carbocycles. The first-order valence-corrected chi connectivity index (χ1v) is 11.6. The average molecular weight is 499 g/mol. The Kier molecular flexibility index (Phi) is 7.73. The van der Waals surface area contributed by atoms with Gasteiger partial charge in [-0.05, 0) is 34.5 Å². The van der Waals surface area contributed by atoms with Gasteiger partial charge in [-0.3, -0.25) is 24.3 Å². The first-order valence-electron chi connectivity index (χ1n) is 10.3. The quantitative estimate of drug-likeness (QED) is 0.377. The lowest BCUT2D eigenvalue weighted by molar-refractivity contribution is -0.763. The van der Waals surface area contributed by atoms with E-state index in [4.69, 9.17) is 20.9 Å². The first-order chi connectivity index (χ1) is 16.5. The summed E-state index contributed by atoms with van der Waals surface area (Å²) >= 11 is 7.39. The van der Waals surface area contributed by atoms with Gasteiger partial charge in [0, 0.05) is 12.1 Å². The Labute approximate surface area is 205 Å². The summed E-state index contributed by atoms with van der Waals surface area (Å²) in [6, 6.07) is 16.3. The molecular formula is C23H21ClN5O4S+. The van der Waals surface area contributed by atoms with Gasteiger partial charge in [0.1, 0.15) is 12.3 Å². The molecule has 2 heterocycles. The third kappa shape index (κ3) is 5.71. The number of halogens is 1.